The number of carbonyl (C=O) groups excluding carboxylic acids is 1. The normalized spacial score (nSPS) is 16.1. The van der Waals surface area contributed by atoms with Crippen LogP contribution in [0.1, 0.15) is 46.9 Å². The fraction of sp³-hybridized carbons (Fsp3) is 0.323. The van der Waals surface area contributed by atoms with Crippen molar-refractivity contribution >= 4 is 16.6 Å². The van der Waals surface area contributed by atoms with Gasteiger partial charge in [0.05, 0.1) is 43.4 Å². The highest BCUT2D eigenvalue weighted by Crippen LogP contribution is 2.27. The maximum absolute atomic E-state index is 13.5. The predicted molar refractivity (Wildman–Crippen MR) is 148 cm³/mol. The first-order chi connectivity index (χ1) is 19.0. The van der Waals surface area contributed by atoms with Crippen LogP contribution in [0.15, 0.2) is 71.5 Å². The summed E-state index contributed by atoms with van der Waals surface area (Å²) >= 11 is 0. The van der Waals surface area contributed by atoms with Gasteiger partial charge < -0.3 is 9.47 Å². The number of ketones is 1. The summed E-state index contributed by atoms with van der Waals surface area (Å²) in [5, 5.41) is 6.30. The second-order valence-corrected chi connectivity index (χ2v) is 9.90. The van der Waals surface area contributed by atoms with Crippen molar-refractivity contribution in [2.24, 2.45) is 0 Å². The zero-order chi connectivity index (χ0) is 27.4. The van der Waals surface area contributed by atoms with Crippen LogP contribution in [-0.2, 0) is 6.42 Å². The van der Waals surface area contributed by atoms with Crippen LogP contribution in [-0.4, -0.2) is 54.3 Å². The smallest absolute Gasteiger partial charge is 0.274 e. The number of carbonyl (C=O) groups is 1. The predicted octanol–water partition coefficient (Wildman–Crippen LogP) is 5.05. The number of hydrogen-bond donors (Lipinski definition) is 0. The Hall–Kier alpha value is -4.04. The van der Waals surface area contributed by atoms with Crippen molar-refractivity contribution in [1.29, 1.82) is 0 Å². The van der Waals surface area contributed by atoms with E-state index in [4.69, 9.17) is 14.6 Å². The molecule has 1 unspecified atom stereocenters. The van der Waals surface area contributed by atoms with Gasteiger partial charge in [0.15, 0.2) is 5.78 Å². The number of Topliss-reactive ketones (excluding diaryl/α,β-unsaturated/α-hetero) is 1. The highest BCUT2D eigenvalue weighted by atomic mass is 19.1. The molecule has 0 N–H and O–H groups in total. The van der Waals surface area contributed by atoms with Crippen LogP contribution in [0.3, 0.4) is 0 Å². The van der Waals surface area contributed by atoms with Gasteiger partial charge in [-0.3, -0.25) is 14.5 Å². The molecular weight excluding hydrogens is 497 g/mol. The first-order valence-corrected chi connectivity index (χ1v) is 13.2. The molecule has 2 heterocycles. The molecule has 0 bridgehead atoms. The third-order valence-electron chi connectivity index (χ3n) is 7.40. The summed E-state index contributed by atoms with van der Waals surface area (Å²) in [6.45, 7) is 1.69. The number of likely N-dealkylation sites (tertiary alicyclic amines) is 1. The van der Waals surface area contributed by atoms with E-state index in [9.17, 15) is 14.0 Å². The Morgan fingerprint density at radius 2 is 1.74 bits per heavy atom. The third kappa shape index (κ3) is 5.86. The van der Waals surface area contributed by atoms with Gasteiger partial charge in [0, 0.05) is 24.4 Å². The van der Waals surface area contributed by atoms with Crippen molar-refractivity contribution in [3.63, 3.8) is 0 Å². The Bertz CT molecular complexity index is 1530. The minimum Gasteiger partial charge on any atom is -0.497 e. The molecule has 8 heteroatoms. The fourth-order valence-corrected chi connectivity index (χ4v) is 5.31. The minimum atomic E-state index is -0.284. The third-order valence-corrected chi connectivity index (χ3v) is 7.40. The lowest BCUT2D eigenvalue weighted by Crippen LogP contribution is -2.32. The van der Waals surface area contributed by atoms with Crippen LogP contribution in [0, 0.1) is 5.82 Å². The minimum absolute atomic E-state index is 0.0180. The second-order valence-electron chi connectivity index (χ2n) is 9.90. The first-order valence-electron chi connectivity index (χ1n) is 13.2. The average molecular weight is 530 g/mol. The van der Waals surface area contributed by atoms with Crippen molar-refractivity contribution in [3.8, 4) is 11.5 Å². The van der Waals surface area contributed by atoms with Gasteiger partial charge in [0.1, 0.15) is 17.3 Å². The van der Waals surface area contributed by atoms with Crippen LogP contribution in [0.25, 0.3) is 10.8 Å². The molecule has 39 heavy (non-hydrogen) atoms. The topological polar surface area (TPSA) is 73.7 Å². The quantitative estimate of drug-likeness (QED) is 0.297. The monoisotopic (exact) mass is 529 g/mol. The molecule has 1 atom stereocenters. The lowest BCUT2D eigenvalue weighted by atomic mass is 10.0. The van der Waals surface area contributed by atoms with Crippen LogP contribution >= 0.6 is 0 Å². The molecule has 3 aromatic carbocycles. The second kappa shape index (κ2) is 11.8. The maximum Gasteiger partial charge on any atom is 0.274 e. The summed E-state index contributed by atoms with van der Waals surface area (Å²) in [6, 6.07) is 19.0. The molecule has 0 spiro atoms. The molecule has 1 saturated heterocycles. The Labute approximate surface area is 226 Å². The average Bonchev–Trinajstić information content (AvgIpc) is 3.20. The molecule has 1 aromatic heterocycles. The molecule has 0 radical (unpaired) electrons. The van der Waals surface area contributed by atoms with Gasteiger partial charge in [-0.1, -0.05) is 30.3 Å². The van der Waals surface area contributed by atoms with Crippen LogP contribution in [0.5, 0.6) is 11.5 Å². The maximum atomic E-state index is 13.5. The Balaban J connectivity index is 1.36. The molecule has 0 saturated carbocycles. The molecular formula is C31H32FN3O4. The van der Waals surface area contributed by atoms with Crippen molar-refractivity contribution in [3.05, 3.63) is 99.7 Å². The van der Waals surface area contributed by atoms with Gasteiger partial charge in [-0.2, -0.15) is 5.10 Å². The molecule has 1 fully saturated rings. The zero-order valence-corrected chi connectivity index (χ0v) is 22.2. The van der Waals surface area contributed by atoms with E-state index in [2.05, 4.69) is 4.90 Å². The van der Waals surface area contributed by atoms with Gasteiger partial charge in [-0.05, 0) is 61.7 Å². The standard InChI is InChI=1S/C31H32FN3O4/c1-38-24-13-14-27(30(19-24)39-2)29(36)20-34-16-5-6-23(15-17-34)35-31(37)26-8-4-3-7-25(26)28(33-35)18-21-9-11-22(32)12-10-21/h3-4,7-14,19,23H,5-6,15-18,20H2,1-2H3. The number of benzene rings is 3. The van der Waals surface area contributed by atoms with E-state index in [1.165, 1.54) is 12.1 Å². The lowest BCUT2D eigenvalue weighted by Gasteiger charge is -2.21. The summed E-state index contributed by atoms with van der Waals surface area (Å²) in [5.74, 6) is 0.824. The molecule has 5 rings (SSSR count). The van der Waals surface area contributed by atoms with Gasteiger partial charge in [-0.15, -0.1) is 0 Å². The lowest BCUT2D eigenvalue weighted by molar-refractivity contribution is 0.0929. The van der Waals surface area contributed by atoms with Crippen molar-refractivity contribution in [1.82, 2.24) is 14.7 Å². The van der Waals surface area contributed by atoms with E-state index in [0.717, 1.165) is 36.0 Å². The molecule has 0 amide bonds. The molecule has 1 aliphatic heterocycles. The fourth-order valence-electron chi connectivity index (χ4n) is 5.31. The molecule has 7 nitrogen and oxygen atoms in total. The summed E-state index contributed by atoms with van der Waals surface area (Å²) in [7, 11) is 3.12. The Kier molecular flexibility index (Phi) is 8.02. The zero-order valence-electron chi connectivity index (χ0n) is 22.2. The van der Waals surface area contributed by atoms with E-state index in [1.807, 2.05) is 24.3 Å². The van der Waals surface area contributed by atoms with E-state index in [1.54, 1.807) is 49.2 Å². The highest BCUT2D eigenvalue weighted by Gasteiger charge is 2.24. The van der Waals surface area contributed by atoms with E-state index >= 15 is 0 Å². The van der Waals surface area contributed by atoms with Gasteiger partial charge in [0.25, 0.3) is 5.56 Å². The van der Waals surface area contributed by atoms with Gasteiger partial charge in [-0.25, -0.2) is 9.07 Å². The SMILES string of the molecule is COc1ccc(C(=O)CN2CCCC(n3nc(Cc4ccc(F)cc4)c4ccccc4c3=O)CC2)c(OC)c1. The molecule has 202 valence electrons. The summed E-state index contributed by atoms with van der Waals surface area (Å²) in [5.41, 5.74) is 2.14. The number of aromatic nitrogens is 2. The summed E-state index contributed by atoms with van der Waals surface area (Å²) in [6.07, 6.45) is 2.83. The number of halogens is 1. The van der Waals surface area contributed by atoms with Gasteiger partial charge in [0.2, 0.25) is 0 Å². The molecule has 0 aliphatic carbocycles. The van der Waals surface area contributed by atoms with Crippen LogP contribution in [0.4, 0.5) is 4.39 Å². The van der Waals surface area contributed by atoms with Crippen molar-refractivity contribution in [2.45, 2.75) is 31.7 Å². The van der Waals surface area contributed by atoms with Crippen LogP contribution < -0.4 is 15.0 Å². The van der Waals surface area contributed by atoms with Crippen LogP contribution in [0.2, 0.25) is 0 Å². The number of fused-ring (bicyclic) bond motifs is 1. The summed E-state index contributed by atoms with van der Waals surface area (Å²) < 4.78 is 25.8. The number of hydrogen-bond acceptors (Lipinski definition) is 6. The Morgan fingerprint density at radius 1 is 0.974 bits per heavy atom. The number of rotatable bonds is 8. The number of ether oxygens (including phenoxy) is 2. The number of nitrogens with zero attached hydrogens (tertiary/aromatic N) is 3. The molecule has 4 aromatic rings. The number of methoxy groups -OCH3 is 2. The van der Waals surface area contributed by atoms with E-state index in [0.29, 0.717) is 41.8 Å². The van der Waals surface area contributed by atoms with E-state index in [-0.39, 0.29) is 29.7 Å². The highest BCUT2D eigenvalue weighted by molar-refractivity contribution is 6.00. The van der Waals surface area contributed by atoms with Gasteiger partial charge >= 0.3 is 0 Å². The Morgan fingerprint density at radius 3 is 2.49 bits per heavy atom. The van der Waals surface area contributed by atoms with Crippen molar-refractivity contribution < 1.29 is 18.7 Å². The van der Waals surface area contributed by atoms with Crippen molar-refractivity contribution in [2.75, 3.05) is 33.9 Å². The first kappa shape index (κ1) is 26.6. The van der Waals surface area contributed by atoms with E-state index < -0.39 is 0 Å². The summed E-state index contributed by atoms with van der Waals surface area (Å²) in [4.78, 5) is 28.8. The molecule has 1 aliphatic rings. The largest absolute Gasteiger partial charge is 0.497 e.